The van der Waals surface area contributed by atoms with Crippen LogP contribution < -0.4 is 0 Å². The van der Waals surface area contributed by atoms with Crippen LogP contribution in [0.3, 0.4) is 0 Å². The van der Waals surface area contributed by atoms with E-state index >= 15 is 0 Å². The first-order valence-corrected chi connectivity index (χ1v) is 8.73. The molecular formula is C18H20FN5O2. The lowest BCUT2D eigenvalue weighted by molar-refractivity contribution is 0.105. The minimum absolute atomic E-state index is 0.199. The molecule has 8 heteroatoms. The predicted molar refractivity (Wildman–Crippen MR) is 90.6 cm³/mol. The maximum atomic E-state index is 13.0. The summed E-state index contributed by atoms with van der Waals surface area (Å²) in [6.45, 7) is 5.45. The number of hydrogen-bond donors (Lipinski definition) is 0. The molecule has 1 aliphatic rings. The molecule has 1 saturated heterocycles. The van der Waals surface area contributed by atoms with E-state index in [2.05, 4.69) is 32.2 Å². The Morgan fingerprint density at radius 3 is 2.77 bits per heavy atom. The molecule has 0 bridgehead atoms. The lowest BCUT2D eigenvalue weighted by Gasteiger charge is -2.36. The van der Waals surface area contributed by atoms with E-state index in [1.54, 1.807) is 19.1 Å². The zero-order chi connectivity index (χ0) is 18.1. The first-order valence-electron chi connectivity index (χ1n) is 8.73. The van der Waals surface area contributed by atoms with Crippen LogP contribution in [0.1, 0.15) is 43.4 Å². The van der Waals surface area contributed by atoms with Crippen molar-refractivity contribution in [1.29, 1.82) is 0 Å². The van der Waals surface area contributed by atoms with E-state index in [1.807, 2.05) is 0 Å². The van der Waals surface area contributed by atoms with Gasteiger partial charge >= 0.3 is 0 Å². The van der Waals surface area contributed by atoms with Gasteiger partial charge < -0.3 is 8.94 Å². The topological polar surface area (TPSA) is 81.1 Å². The normalized spacial score (nSPS) is 21.2. The minimum Gasteiger partial charge on any atom is -0.425 e. The molecule has 0 N–H and O–H groups in total. The average Bonchev–Trinajstić information content (AvgIpc) is 3.27. The number of aromatic nitrogens is 4. The van der Waals surface area contributed by atoms with Crippen molar-refractivity contribution in [3.63, 3.8) is 0 Å². The molecule has 7 nitrogen and oxygen atoms in total. The van der Waals surface area contributed by atoms with Crippen molar-refractivity contribution in [2.24, 2.45) is 0 Å². The molecule has 0 saturated carbocycles. The van der Waals surface area contributed by atoms with Crippen molar-refractivity contribution in [3.8, 4) is 11.4 Å². The second-order valence-corrected chi connectivity index (χ2v) is 6.64. The fourth-order valence-electron chi connectivity index (χ4n) is 3.44. The summed E-state index contributed by atoms with van der Waals surface area (Å²) in [5.41, 5.74) is 0.729. The van der Waals surface area contributed by atoms with Crippen LogP contribution >= 0.6 is 0 Å². The van der Waals surface area contributed by atoms with Crippen LogP contribution in [-0.4, -0.2) is 37.8 Å². The number of hydrogen-bond acceptors (Lipinski definition) is 7. The van der Waals surface area contributed by atoms with E-state index in [0.29, 0.717) is 30.0 Å². The monoisotopic (exact) mass is 357 g/mol. The smallest absolute Gasteiger partial charge is 0.241 e. The third kappa shape index (κ3) is 3.37. The van der Waals surface area contributed by atoms with Gasteiger partial charge in [-0.1, -0.05) is 5.16 Å². The zero-order valence-corrected chi connectivity index (χ0v) is 14.7. The Bertz CT molecular complexity index is 876. The number of halogens is 1. The van der Waals surface area contributed by atoms with Gasteiger partial charge in [0.15, 0.2) is 0 Å². The van der Waals surface area contributed by atoms with Crippen molar-refractivity contribution in [3.05, 3.63) is 47.8 Å². The molecule has 0 radical (unpaired) electrons. The Kier molecular flexibility index (Phi) is 4.50. The van der Waals surface area contributed by atoms with E-state index in [9.17, 15) is 4.39 Å². The quantitative estimate of drug-likeness (QED) is 0.708. The van der Waals surface area contributed by atoms with E-state index < -0.39 is 0 Å². The van der Waals surface area contributed by atoms with Gasteiger partial charge in [0.2, 0.25) is 23.5 Å². The van der Waals surface area contributed by atoms with Gasteiger partial charge in [0.05, 0.1) is 12.5 Å². The molecule has 136 valence electrons. The first kappa shape index (κ1) is 16.8. The van der Waals surface area contributed by atoms with E-state index in [-0.39, 0.29) is 17.8 Å². The highest BCUT2D eigenvalue weighted by Gasteiger charge is 2.33. The van der Waals surface area contributed by atoms with Crippen LogP contribution in [0.4, 0.5) is 4.39 Å². The summed E-state index contributed by atoms with van der Waals surface area (Å²) in [4.78, 5) is 6.73. The third-order valence-corrected chi connectivity index (χ3v) is 4.89. The van der Waals surface area contributed by atoms with Crippen LogP contribution in [0.2, 0.25) is 0 Å². The maximum Gasteiger partial charge on any atom is 0.241 e. The van der Waals surface area contributed by atoms with Crippen LogP contribution in [-0.2, 0) is 6.54 Å². The molecule has 3 aromatic rings. The van der Waals surface area contributed by atoms with Crippen molar-refractivity contribution in [2.75, 3.05) is 6.54 Å². The summed E-state index contributed by atoms with van der Waals surface area (Å²) in [5, 5.41) is 12.1. The molecule has 0 unspecified atom stereocenters. The van der Waals surface area contributed by atoms with Crippen LogP contribution in [0.25, 0.3) is 11.4 Å². The van der Waals surface area contributed by atoms with Gasteiger partial charge in [-0.25, -0.2) is 4.39 Å². The van der Waals surface area contributed by atoms with Crippen LogP contribution in [0, 0.1) is 12.7 Å². The maximum absolute atomic E-state index is 13.0. The molecule has 26 heavy (non-hydrogen) atoms. The number of nitrogens with zero attached hydrogens (tertiary/aromatic N) is 5. The van der Waals surface area contributed by atoms with Crippen molar-refractivity contribution in [1.82, 2.24) is 25.2 Å². The molecule has 0 aliphatic carbocycles. The summed E-state index contributed by atoms with van der Waals surface area (Å²) >= 11 is 0. The van der Waals surface area contributed by atoms with E-state index in [1.165, 1.54) is 12.1 Å². The second-order valence-electron chi connectivity index (χ2n) is 6.64. The summed E-state index contributed by atoms with van der Waals surface area (Å²) in [6, 6.07) is 6.28. The third-order valence-electron chi connectivity index (χ3n) is 4.89. The molecule has 1 aliphatic heterocycles. The molecular weight excluding hydrogens is 337 g/mol. The molecule has 2 atom stereocenters. The number of likely N-dealkylation sites (tertiary alicyclic amines) is 1. The van der Waals surface area contributed by atoms with Crippen molar-refractivity contribution >= 4 is 0 Å². The highest BCUT2D eigenvalue weighted by atomic mass is 19.1. The molecule has 0 amide bonds. The second kappa shape index (κ2) is 6.95. The van der Waals surface area contributed by atoms with Crippen molar-refractivity contribution < 1.29 is 13.3 Å². The van der Waals surface area contributed by atoms with Gasteiger partial charge in [-0.2, -0.15) is 4.98 Å². The van der Waals surface area contributed by atoms with Crippen molar-refractivity contribution in [2.45, 2.75) is 45.2 Å². The van der Waals surface area contributed by atoms with Gasteiger partial charge in [-0.05, 0) is 50.6 Å². The Labute approximate surface area is 150 Å². The summed E-state index contributed by atoms with van der Waals surface area (Å²) in [7, 11) is 0. The molecule has 4 rings (SSSR count). The summed E-state index contributed by atoms with van der Waals surface area (Å²) in [6.07, 6.45) is 2.05. The number of rotatable bonds is 4. The molecule has 3 heterocycles. The van der Waals surface area contributed by atoms with Gasteiger partial charge in [0.1, 0.15) is 5.82 Å². The number of benzene rings is 1. The largest absolute Gasteiger partial charge is 0.425 e. The van der Waals surface area contributed by atoms with Gasteiger partial charge in [0, 0.05) is 18.5 Å². The molecule has 1 fully saturated rings. The highest BCUT2D eigenvalue weighted by molar-refractivity contribution is 5.53. The molecule has 0 spiro atoms. The van der Waals surface area contributed by atoms with E-state index in [0.717, 1.165) is 24.9 Å². The first-order chi connectivity index (χ1) is 12.6. The molecule has 2 aromatic heterocycles. The Morgan fingerprint density at radius 2 is 2.04 bits per heavy atom. The fraction of sp³-hybridized carbons (Fsp3) is 0.444. The minimum atomic E-state index is -0.290. The Morgan fingerprint density at radius 1 is 1.23 bits per heavy atom. The highest BCUT2D eigenvalue weighted by Crippen LogP contribution is 2.32. The van der Waals surface area contributed by atoms with E-state index in [4.69, 9.17) is 8.94 Å². The predicted octanol–water partition coefficient (Wildman–Crippen LogP) is 3.34. The zero-order valence-electron chi connectivity index (χ0n) is 14.7. The summed E-state index contributed by atoms with van der Waals surface area (Å²) in [5.74, 6) is 2.20. The summed E-state index contributed by atoms with van der Waals surface area (Å²) < 4.78 is 24.1. The van der Waals surface area contributed by atoms with Gasteiger partial charge in [-0.3, -0.25) is 4.90 Å². The van der Waals surface area contributed by atoms with Gasteiger partial charge in [0.25, 0.3) is 0 Å². The fourth-order valence-corrected chi connectivity index (χ4v) is 3.44. The Hall–Kier alpha value is -2.61. The number of piperidine rings is 1. The molecule has 1 aromatic carbocycles. The lowest BCUT2D eigenvalue weighted by atomic mass is 9.90. The Balaban J connectivity index is 1.47. The SMILES string of the molecule is Cc1nnc([C@H]2CCCN(Cc3nc(-c4ccc(F)cc4)no3)[C@H]2C)o1. The van der Waals surface area contributed by atoms with Crippen LogP contribution in [0.5, 0.6) is 0 Å². The average molecular weight is 357 g/mol. The van der Waals surface area contributed by atoms with Crippen LogP contribution in [0.15, 0.2) is 33.2 Å². The van der Waals surface area contributed by atoms with Gasteiger partial charge in [-0.15, -0.1) is 10.2 Å². The standard InChI is InChI=1S/C18H20FN5O2/c1-11-15(18-22-21-12(2)25-18)4-3-9-24(11)10-16-20-17(23-26-16)13-5-7-14(19)8-6-13/h5-8,11,15H,3-4,9-10H2,1-2H3/t11-,15-/m0/s1. The number of aryl methyl sites for hydroxylation is 1. The lowest BCUT2D eigenvalue weighted by Crippen LogP contribution is -2.41.